The first kappa shape index (κ1) is 8.67. The maximum atomic E-state index is 11.5. The second-order valence-corrected chi connectivity index (χ2v) is 3.75. The lowest BCUT2D eigenvalue weighted by molar-refractivity contribution is 0.193. The minimum atomic E-state index is -0.102. The second-order valence-electron chi connectivity index (χ2n) is 3.75. The topological polar surface area (TPSA) is 59.4 Å². The number of rotatable bonds is 1. The van der Waals surface area contributed by atoms with Gasteiger partial charge in [0.05, 0.1) is 12.3 Å². The fourth-order valence-electron chi connectivity index (χ4n) is 1.92. The number of H-pyrrole nitrogens is 1. The highest BCUT2D eigenvalue weighted by molar-refractivity contribution is 5.45. The fourth-order valence-corrected chi connectivity index (χ4v) is 1.92. The van der Waals surface area contributed by atoms with Crippen molar-refractivity contribution in [3.63, 3.8) is 0 Å². The second kappa shape index (κ2) is 3.20. The summed E-state index contributed by atoms with van der Waals surface area (Å²) in [7, 11) is 0. The first-order valence-electron chi connectivity index (χ1n) is 4.99. The molecule has 0 bridgehead atoms. The highest BCUT2D eigenvalue weighted by Gasteiger charge is 2.20. The Morgan fingerprint density at radius 3 is 3.27 bits per heavy atom. The number of hydrogen-bond donors (Lipinski definition) is 1. The van der Waals surface area contributed by atoms with Crippen LogP contribution in [0, 0.1) is 0 Å². The predicted octanol–water partition coefficient (Wildman–Crippen LogP) is 0.526. The zero-order chi connectivity index (χ0) is 10.3. The van der Waals surface area contributed by atoms with Crippen molar-refractivity contribution >= 4 is 5.52 Å². The molecule has 78 valence electrons. The van der Waals surface area contributed by atoms with E-state index in [0.29, 0.717) is 18.0 Å². The molecule has 0 amide bonds. The Labute approximate surface area is 85.7 Å². The number of aromatic amines is 1. The summed E-state index contributed by atoms with van der Waals surface area (Å²) in [5.41, 5.74) is 1.44. The first-order valence-corrected chi connectivity index (χ1v) is 4.99. The molecule has 1 fully saturated rings. The van der Waals surface area contributed by atoms with Crippen LogP contribution in [-0.2, 0) is 4.74 Å². The van der Waals surface area contributed by atoms with Crippen LogP contribution in [0.25, 0.3) is 5.52 Å². The van der Waals surface area contributed by atoms with Crippen molar-refractivity contribution in [2.45, 2.75) is 12.3 Å². The molecule has 1 saturated heterocycles. The summed E-state index contributed by atoms with van der Waals surface area (Å²) in [5.74, 6) is 0.337. The van der Waals surface area contributed by atoms with E-state index in [1.165, 1.54) is 0 Å². The van der Waals surface area contributed by atoms with Crippen LogP contribution >= 0.6 is 0 Å². The molecule has 15 heavy (non-hydrogen) atoms. The predicted molar refractivity (Wildman–Crippen MR) is 54.0 cm³/mol. The van der Waals surface area contributed by atoms with Crippen molar-refractivity contribution in [1.82, 2.24) is 14.6 Å². The Bertz CT molecular complexity index is 537. The molecule has 3 rings (SSSR count). The van der Waals surface area contributed by atoms with Crippen molar-refractivity contribution in [3.05, 3.63) is 34.5 Å². The quantitative estimate of drug-likeness (QED) is 0.738. The summed E-state index contributed by atoms with van der Waals surface area (Å²) in [6.45, 7) is 1.50. The number of nitrogens with zero attached hydrogens (tertiary/aromatic N) is 2. The molecule has 0 radical (unpaired) electrons. The smallest absolute Gasteiger partial charge is 0.273 e. The van der Waals surface area contributed by atoms with Crippen molar-refractivity contribution in [2.24, 2.45) is 0 Å². The van der Waals surface area contributed by atoms with Crippen LogP contribution in [0.3, 0.4) is 0 Å². The molecule has 0 unspecified atom stereocenters. The molecule has 0 spiro atoms. The number of nitrogens with one attached hydrogen (secondary N) is 1. The summed E-state index contributed by atoms with van der Waals surface area (Å²) in [4.78, 5) is 14.1. The van der Waals surface area contributed by atoms with Gasteiger partial charge in [-0.15, -0.1) is 0 Å². The van der Waals surface area contributed by atoms with Crippen LogP contribution in [-0.4, -0.2) is 27.8 Å². The van der Waals surface area contributed by atoms with E-state index in [4.69, 9.17) is 4.74 Å². The van der Waals surface area contributed by atoms with Crippen molar-refractivity contribution < 1.29 is 4.74 Å². The number of fused-ring (bicyclic) bond motifs is 1. The van der Waals surface area contributed by atoms with Gasteiger partial charge in [0.1, 0.15) is 5.52 Å². The molecular formula is C10H11N3O2. The highest BCUT2D eigenvalue weighted by Crippen LogP contribution is 2.23. The van der Waals surface area contributed by atoms with Crippen molar-refractivity contribution in [2.75, 3.05) is 13.2 Å². The minimum absolute atomic E-state index is 0.102. The average Bonchev–Trinajstić information content (AvgIpc) is 2.86. The third-order valence-corrected chi connectivity index (χ3v) is 2.77. The minimum Gasteiger partial charge on any atom is -0.381 e. The molecule has 2 aromatic heterocycles. The molecule has 1 atom stereocenters. The third kappa shape index (κ3) is 1.35. The maximum Gasteiger partial charge on any atom is 0.273 e. The van der Waals surface area contributed by atoms with Gasteiger partial charge in [0.2, 0.25) is 0 Å². The van der Waals surface area contributed by atoms with E-state index in [1.54, 1.807) is 16.9 Å². The van der Waals surface area contributed by atoms with Gasteiger partial charge in [-0.3, -0.25) is 4.79 Å². The largest absolute Gasteiger partial charge is 0.381 e. The Balaban J connectivity index is 2.13. The monoisotopic (exact) mass is 205 g/mol. The SMILES string of the molecule is O=c1[nH]ccn2nc([C@@H]3CCOC3)cc12. The zero-order valence-electron chi connectivity index (χ0n) is 8.14. The average molecular weight is 205 g/mol. The first-order chi connectivity index (χ1) is 7.34. The van der Waals surface area contributed by atoms with Gasteiger partial charge >= 0.3 is 0 Å². The number of aromatic nitrogens is 3. The lowest BCUT2D eigenvalue weighted by Gasteiger charge is -2.00. The van der Waals surface area contributed by atoms with Crippen molar-refractivity contribution in [3.8, 4) is 0 Å². The normalized spacial score (nSPS) is 21.2. The van der Waals surface area contributed by atoms with Crippen LogP contribution in [0.2, 0.25) is 0 Å². The molecule has 3 heterocycles. The summed E-state index contributed by atoms with van der Waals surface area (Å²) in [6, 6.07) is 1.85. The lowest BCUT2D eigenvalue weighted by Crippen LogP contribution is -2.07. The van der Waals surface area contributed by atoms with Crippen LogP contribution < -0.4 is 5.56 Å². The summed E-state index contributed by atoms with van der Waals surface area (Å²) >= 11 is 0. The number of ether oxygens (including phenoxy) is 1. The molecule has 1 aliphatic rings. The van der Waals surface area contributed by atoms with E-state index < -0.39 is 0 Å². The molecule has 0 aliphatic carbocycles. The Morgan fingerprint density at radius 2 is 2.53 bits per heavy atom. The van der Waals surface area contributed by atoms with Crippen molar-refractivity contribution in [1.29, 1.82) is 0 Å². The molecule has 1 aliphatic heterocycles. The Morgan fingerprint density at radius 1 is 1.60 bits per heavy atom. The van der Waals surface area contributed by atoms with Crippen LogP contribution in [0.4, 0.5) is 0 Å². The van der Waals surface area contributed by atoms with Gasteiger partial charge in [-0.1, -0.05) is 0 Å². The molecule has 0 aromatic carbocycles. The molecular weight excluding hydrogens is 194 g/mol. The van der Waals surface area contributed by atoms with E-state index >= 15 is 0 Å². The maximum absolute atomic E-state index is 11.5. The van der Waals surface area contributed by atoms with Gasteiger partial charge in [0, 0.05) is 24.9 Å². The zero-order valence-corrected chi connectivity index (χ0v) is 8.14. The summed E-state index contributed by atoms with van der Waals surface area (Å²) in [5, 5.41) is 4.37. The molecule has 0 saturated carbocycles. The molecule has 5 nitrogen and oxygen atoms in total. The van der Waals surface area contributed by atoms with Crippen LogP contribution in [0.5, 0.6) is 0 Å². The Kier molecular flexibility index (Phi) is 1.85. The van der Waals surface area contributed by atoms with E-state index in [9.17, 15) is 4.79 Å². The van der Waals surface area contributed by atoms with E-state index in [-0.39, 0.29) is 5.56 Å². The number of hydrogen-bond acceptors (Lipinski definition) is 3. The van der Waals surface area contributed by atoms with Gasteiger partial charge < -0.3 is 9.72 Å². The van der Waals surface area contributed by atoms with Gasteiger partial charge in [0.15, 0.2) is 0 Å². The van der Waals surface area contributed by atoms with E-state index in [1.807, 2.05) is 6.07 Å². The van der Waals surface area contributed by atoms with Gasteiger partial charge in [-0.25, -0.2) is 4.52 Å². The third-order valence-electron chi connectivity index (χ3n) is 2.77. The van der Waals surface area contributed by atoms with E-state index in [0.717, 1.165) is 18.7 Å². The Hall–Kier alpha value is -1.62. The lowest BCUT2D eigenvalue weighted by atomic mass is 10.1. The highest BCUT2D eigenvalue weighted by atomic mass is 16.5. The standard InChI is InChI=1S/C10H11N3O2/c14-10-9-5-8(7-1-4-15-6-7)12-13(9)3-2-11-10/h2-3,5,7H,1,4,6H2,(H,11,14)/t7-/m1/s1. The van der Waals surface area contributed by atoms with Gasteiger partial charge in [0.25, 0.3) is 5.56 Å². The van der Waals surface area contributed by atoms with Gasteiger partial charge in [-0.2, -0.15) is 5.10 Å². The molecule has 5 heteroatoms. The summed E-state index contributed by atoms with van der Waals surface area (Å²) in [6.07, 6.45) is 4.33. The van der Waals surface area contributed by atoms with Crippen LogP contribution in [0.15, 0.2) is 23.3 Å². The van der Waals surface area contributed by atoms with E-state index in [2.05, 4.69) is 10.1 Å². The van der Waals surface area contributed by atoms with Crippen LogP contribution in [0.1, 0.15) is 18.0 Å². The molecule has 1 N–H and O–H groups in total. The molecule has 2 aromatic rings. The summed E-state index contributed by atoms with van der Waals surface area (Å²) < 4.78 is 6.92. The fraction of sp³-hybridized carbons (Fsp3) is 0.400. The van der Waals surface area contributed by atoms with Gasteiger partial charge in [-0.05, 0) is 12.5 Å².